The van der Waals surface area contributed by atoms with Crippen molar-refractivity contribution < 1.29 is 44.0 Å². The number of piperidine rings is 1. The van der Waals surface area contributed by atoms with Gasteiger partial charge in [0.15, 0.2) is 17.6 Å². The summed E-state index contributed by atoms with van der Waals surface area (Å²) in [5.74, 6) is -1.52. The molecule has 256 valence electrons. The Balaban J connectivity index is 1.12. The van der Waals surface area contributed by atoms with Crippen LogP contribution in [0.3, 0.4) is 0 Å². The molecule has 5 aliphatic rings. The molecule has 0 aromatic heterocycles. The van der Waals surface area contributed by atoms with E-state index in [1.165, 1.54) is 17.7 Å². The number of likely N-dealkylation sites (N-methyl/N-ethyl adjacent to an activating group) is 1. The number of aliphatic hydroxyl groups is 1. The molecule has 13 heteroatoms. The third kappa shape index (κ3) is 6.09. The van der Waals surface area contributed by atoms with Crippen LogP contribution < -0.4 is 15.8 Å². The quantitative estimate of drug-likeness (QED) is 0.137. The van der Waals surface area contributed by atoms with E-state index in [0.717, 1.165) is 24.2 Å². The van der Waals surface area contributed by atoms with Crippen molar-refractivity contribution in [2.24, 2.45) is 17.6 Å². The number of aromatic hydroxyl groups is 1. The lowest BCUT2D eigenvalue weighted by Gasteiger charge is -2.62. The average molecular weight is 655 g/mol. The number of nitrogens with one attached hydrogen (secondary N) is 1. The molecule has 1 spiro atoms. The molecule has 6 N–H and O–H groups in total. The Labute approximate surface area is 274 Å². The molecule has 5 atom stereocenters. The molecule has 1 aromatic carbocycles. The van der Waals surface area contributed by atoms with Gasteiger partial charge in [-0.2, -0.15) is 0 Å². The second-order valence-corrected chi connectivity index (χ2v) is 13.9. The number of rotatable bonds is 15. The van der Waals surface area contributed by atoms with E-state index in [-0.39, 0.29) is 43.6 Å². The Morgan fingerprint density at radius 2 is 2.02 bits per heavy atom. The van der Waals surface area contributed by atoms with Crippen molar-refractivity contribution in [3.63, 3.8) is 0 Å². The molecule has 13 nitrogen and oxygen atoms in total. The number of carboxylic acids is 1. The first kappa shape index (κ1) is 33.2. The first-order valence-corrected chi connectivity index (χ1v) is 16.8. The van der Waals surface area contributed by atoms with Crippen molar-refractivity contribution in [1.29, 1.82) is 0 Å². The van der Waals surface area contributed by atoms with E-state index in [0.29, 0.717) is 56.1 Å². The van der Waals surface area contributed by atoms with Gasteiger partial charge in [0, 0.05) is 57.0 Å². The molecule has 2 amide bonds. The molecule has 1 saturated carbocycles. The monoisotopic (exact) mass is 654 g/mol. The van der Waals surface area contributed by atoms with E-state index in [4.69, 9.17) is 20.3 Å². The predicted molar refractivity (Wildman–Crippen MR) is 169 cm³/mol. The largest absolute Gasteiger partial charge is 0.504 e. The van der Waals surface area contributed by atoms with Crippen molar-refractivity contribution in [3.8, 4) is 11.5 Å². The van der Waals surface area contributed by atoms with Gasteiger partial charge in [-0.15, -0.1) is 0 Å². The fraction of sp³-hybridized carbons (Fsp3) is 0.647. The minimum absolute atomic E-state index is 0.00161. The van der Waals surface area contributed by atoms with Gasteiger partial charge in [-0.3, -0.25) is 19.3 Å². The van der Waals surface area contributed by atoms with Crippen molar-refractivity contribution >= 4 is 23.8 Å². The molecule has 6 rings (SSSR count). The van der Waals surface area contributed by atoms with Crippen LogP contribution in [-0.4, -0.2) is 106 Å². The van der Waals surface area contributed by atoms with Crippen molar-refractivity contribution in [2.75, 3.05) is 39.8 Å². The number of ketones is 1. The number of ether oxygens (including phenoxy) is 2. The van der Waals surface area contributed by atoms with Crippen molar-refractivity contribution in [2.45, 2.75) is 87.4 Å². The summed E-state index contributed by atoms with van der Waals surface area (Å²) in [6.45, 7) is 2.37. The standard InChI is InChI=1S/C34H46N4O9/c1-37(15-13-36-31(43)22(4-2-3-12-35)16-23(39)18-27(41)42)32(44)46-25-9-10-34(45)26-17-21-7-8-24(40)29-28(21)33(34,30(25)47-29)11-14-38(26)19-20-5-6-20/h7-9,20,22,26,30,40,45H,2-6,10-19,35H2,1H3,(H,36,43)(H,41,42)/t22-,26+,30-,33-,34+/m0/s1. The number of carbonyl (C=O) groups is 4. The number of unbranched alkanes of at least 4 members (excludes halogenated alkanes) is 1. The number of hydrogen-bond donors (Lipinski definition) is 5. The van der Waals surface area contributed by atoms with Gasteiger partial charge in [-0.25, -0.2) is 4.79 Å². The maximum absolute atomic E-state index is 13.3. The highest BCUT2D eigenvalue weighted by atomic mass is 16.6. The summed E-state index contributed by atoms with van der Waals surface area (Å²) in [4.78, 5) is 53.0. The third-order valence-corrected chi connectivity index (χ3v) is 10.8. The molecule has 2 bridgehead atoms. The number of hydrogen-bond acceptors (Lipinski definition) is 10. The highest BCUT2D eigenvalue weighted by molar-refractivity contribution is 5.96. The fourth-order valence-corrected chi connectivity index (χ4v) is 8.30. The Morgan fingerprint density at radius 3 is 2.74 bits per heavy atom. The first-order valence-electron chi connectivity index (χ1n) is 16.8. The number of carboxylic acid groups (broad SMARTS) is 1. The maximum atomic E-state index is 13.3. The van der Waals surface area contributed by atoms with Crippen LogP contribution in [0.1, 0.15) is 68.9 Å². The molecule has 0 radical (unpaired) electrons. The Bertz CT molecular complexity index is 1460. The third-order valence-electron chi connectivity index (χ3n) is 10.8. The molecular formula is C34H46N4O9. The molecule has 47 heavy (non-hydrogen) atoms. The van der Waals surface area contributed by atoms with Gasteiger partial charge in [-0.05, 0) is 75.2 Å². The van der Waals surface area contributed by atoms with Gasteiger partial charge < -0.3 is 40.7 Å². The maximum Gasteiger partial charge on any atom is 0.414 e. The Morgan fingerprint density at radius 1 is 1.23 bits per heavy atom. The van der Waals surface area contributed by atoms with E-state index in [1.54, 1.807) is 19.2 Å². The van der Waals surface area contributed by atoms with Crippen LogP contribution in [0.15, 0.2) is 24.0 Å². The molecular weight excluding hydrogens is 608 g/mol. The Kier molecular flexibility index (Phi) is 9.25. The van der Waals surface area contributed by atoms with Crippen LogP contribution in [0.5, 0.6) is 11.5 Å². The van der Waals surface area contributed by atoms with Gasteiger partial charge in [0.1, 0.15) is 18.0 Å². The molecule has 1 saturated heterocycles. The van der Waals surface area contributed by atoms with E-state index >= 15 is 0 Å². The van der Waals surface area contributed by atoms with Crippen LogP contribution in [0.4, 0.5) is 4.79 Å². The number of nitrogens with two attached hydrogens (primary N) is 1. The van der Waals surface area contributed by atoms with Crippen molar-refractivity contribution in [1.82, 2.24) is 15.1 Å². The van der Waals surface area contributed by atoms with Gasteiger partial charge in [0.05, 0.1) is 11.0 Å². The zero-order chi connectivity index (χ0) is 33.5. The second-order valence-electron chi connectivity index (χ2n) is 13.9. The van der Waals surface area contributed by atoms with Crippen molar-refractivity contribution in [3.05, 3.63) is 35.1 Å². The SMILES string of the molecule is CN(CCNC(=O)[C@@H](CCCCN)CC(=O)CC(=O)O)C(=O)OC1=CC[C@@]2(O)[C@H]3Cc4ccc(O)c5c4[C@@]2(CCN3CC2CC2)[C@H]1O5. The van der Waals surface area contributed by atoms with Gasteiger partial charge in [0.2, 0.25) is 5.91 Å². The zero-order valence-corrected chi connectivity index (χ0v) is 26.9. The highest BCUT2D eigenvalue weighted by Crippen LogP contribution is 2.65. The highest BCUT2D eigenvalue weighted by Gasteiger charge is 2.72. The predicted octanol–water partition coefficient (Wildman–Crippen LogP) is 1.81. The normalized spacial score (nSPS) is 27.6. The van der Waals surface area contributed by atoms with Crippen LogP contribution in [0.2, 0.25) is 0 Å². The van der Waals surface area contributed by atoms with E-state index in [1.807, 2.05) is 6.07 Å². The number of carbonyl (C=O) groups excluding carboxylic acids is 3. The summed E-state index contributed by atoms with van der Waals surface area (Å²) in [5, 5.41) is 35.1. The zero-order valence-electron chi connectivity index (χ0n) is 26.9. The number of phenolic OH excluding ortho intramolecular Hbond substituents is 1. The summed E-state index contributed by atoms with van der Waals surface area (Å²) < 4.78 is 12.3. The number of likely N-dealkylation sites (tertiary alicyclic amines) is 1. The van der Waals surface area contributed by atoms with Crippen LogP contribution in [-0.2, 0) is 31.0 Å². The van der Waals surface area contributed by atoms with Gasteiger partial charge in [0.25, 0.3) is 0 Å². The fourth-order valence-electron chi connectivity index (χ4n) is 8.30. The first-order chi connectivity index (χ1) is 22.5. The molecule has 0 unspecified atom stereocenters. The number of nitrogens with zero attached hydrogens (tertiary/aromatic N) is 2. The molecule has 2 heterocycles. The van der Waals surface area contributed by atoms with Crippen LogP contribution >= 0.6 is 0 Å². The van der Waals surface area contributed by atoms with Crippen LogP contribution in [0.25, 0.3) is 0 Å². The Hall–Kier alpha value is -3.68. The summed E-state index contributed by atoms with van der Waals surface area (Å²) in [7, 11) is 1.54. The number of amides is 2. The summed E-state index contributed by atoms with van der Waals surface area (Å²) in [5.41, 5.74) is 5.41. The topological polar surface area (TPSA) is 192 Å². The summed E-state index contributed by atoms with van der Waals surface area (Å²) in [6.07, 6.45) is 5.14. The molecule has 1 aromatic rings. The molecule has 2 fully saturated rings. The second kappa shape index (κ2) is 13.1. The lowest BCUT2D eigenvalue weighted by atomic mass is 9.50. The van der Waals surface area contributed by atoms with Crippen LogP contribution in [0, 0.1) is 11.8 Å². The minimum atomic E-state index is -1.24. The molecule has 2 aliphatic heterocycles. The van der Waals surface area contributed by atoms with E-state index in [9.17, 15) is 29.4 Å². The summed E-state index contributed by atoms with van der Waals surface area (Å²) in [6, 6.07) is 3.44. The average Bonchev–Trinajstić information content (AvgIpc) is 3.76. The van der Waals surface area contributed by atoms with Gasteiger partial charge >= 0.3 is 12.1 Å². The van der Waals surface area contributed by atoms with E-state index < -0.39 is 47.3 Å². The lowest BCUT2D eigenvalue weighted by molar-refractivity contribution is -0.169. The number of Topliss-reactive ketones (excluding diaryl/α,β-unsaturated/α-hetero) is 1. The molecule has 3 aliphatic carbocycles. The van der Waals surface area contributed by atoms with Gasteiger partial charge in [-0.1, -0.05) is 12.5 Å². The lowest BCUT2D eigenvalue weighted by Crippen LogP contribution is -2.75. The number of phenols is 1. The number of aliphatic carboxylic acids is 1. The smallest absolute Gasteiger partial charge is 0.414 e. The minimum Gasteiger partial charge on any atom is -0.504 e. The summed E-state index contributed by atoms with van der Waals surface area (Å²) >= 11 is 0. The van der Waals surface area contributed by atoms with E-state index in [2.05, 4.69) is 10.2 Å². The number of benzene rings is 1.